The summed E-state index contributed by atoms with van der Waals surface area (Å²) in [5.41, 5.74) is 10.4. The van der Waals surface area contributed by atoms with Gasteiger partial charge in [-0.15, -0.1) is 0 Å². The summed E-state index contributed by atoms with van der Waals surface area (Å²) in [5, 5.41) is 3.29. The molecule has 0 saturated heterocycles. The number of hydrogen-bond acceptors (Lipinski definition) is 6. The number of anilines is 3. The van der Waals surface area contributed by atoms with Gasteiger partial charge < -0.3 is 15.6 Å². The van der Waals surface area contributed by atoms with E-state index >= 15 is 0 Å². The Labute approximate surface area is 157 Å². The van der Waals surface area contributed by atoms with Crippen LogP contribution in [0, 0.1) is 0 Å². The minimum Gasteiger partial charge on any atom is -0.384 e. The Bertz CT molecular complexity index is 1080. The SMILES string of the molecule is CCc1cccc(Nc2ncc3nc(-c4ccc(N)nc4)n(CC)c3n2)c1. The van der Waals surface area contributed by atoms with Gasteiger partial charge in [-0.1, -0.05) is 19.1 Å². The lowest BCUT2D eigenvalue weighted by molar-refractivity contribution is 0.786. The van der Waals surface area contributed by atoms with E-state index in [0.717, 1.165) is 41.2 Å². The van der Waals surface area contributed by atoms with Gasteiger partial charge >= 0.3 is 0 Å². The highest BCUT2D eigenvalue weighted by Crippen LogP contribution is 2.25. The second kappa shape index (κ2) is 7.03. The zero-order valence-electron chi connectivity index (χ0n) is 15.3. The summed E-state index contributed by atoms with van der Waals surface area (Å²) in [6, 6.07) is 11.9. The van der Waals surface area contributed by atoms with Crippen molar-refractivity contribution in [3.63, 3.8) is 0 Å². The Morgan fingerprint density at radius 1 is 1.04 bits per heavy atom. The zero-order valence-corrected chi connectivity index (χ0v) is 15.3. The predicted molar refractivity (Wildman–Crippen MR) is 108 cm³/mol. The summed E-state index contributed by atoms with van der Waals surface area (Å²) in [7, 11) is 0. The van der Waals surface area contributed by atoms with E-state index in [1.807, 2.05) is 18.2 Å². The van der Waals surface area contributed by atoms with Crippen LogP contribution < -0.4 is 11.1 Å². The van der Waals surface area contributed by atoms with Gasteiger partial charge in [0.15, 0.2) is 5.65 Å². The highest BCUT2D eigenvalue weighted by Gasteiger charge is 2.14. The van der Waals surface area contributed by atoms with Gasteiger partial charge in [-0.2, -0.15) is 4.98 Å². The van der Waals surface area contributed by atoms with Crippen LogP contribution in [-0.2, 0) is 13.0 Å². The molecule has 3 heterocycles. The number of benzene rings is 1. The molecule has 0 unspecified atom stereocenters. The van der Waals surface area contributed by atoms with Gasteiger partial charge in [-0.3, -0.25) is 0 Å². The maximum absolute atomic E-state index is 5.70. The molecule has 3 aromatic heterocycles. The number of rotatable bonds is 5. The lowest BCUT2D eigenvalue weighted by atomic mass is 10.1. The summed E-state index contributed by atoms with van der Waals surface area (Å²) in [5.74, 6) is 1.84. The van der Waals surface area contributed by atoms with Gasteiger partial charge in [-0.25, -0.2) is 15.0 Å². The van der Waals surface area contributed by atoms with Crippen molar-refractivity contribution >= 4 is 28.6 Å². The molecule has 4 rings (SSSR count). The Hall–Kier alpha value is -3.48. The molecule has 0 fully saturated rings. The van der Waals surface area contributed by atoms with E-state index in [-0.39, 0.29) is 0 Å². The lowest BCUT2D eigenvalue weighted by Gasteiger charge is -2.08. The molecule has 0 aliphatic heterocycles. The summed E-state index contributed by atoms with van der Waals surface area (Å²) in [6.07, 6.45) is 4.46. The van der Waals surface area contributed by atoms with Crippen LogP contribution in [0.2, 0.25) is 0 Å². The standard InChI is InChI=1S/C20H21N7/c1-3-13-6-5-7-15(10-13)24-20-23-12-16-19(26-20)27(4-2)18(25-16)14-8-9-17(21)22-11-14/h5-12H,3-4H2,1-2H3,(H2,21,22)(H,23,24,26). The van der Waals surface area contributed by atoms with E-state index < -0.39 is 0 Å². The molecule has 7 heteroatoms. The van der Waals surface area contributed by atoms with Gasteiger partial charge in [-0.05, 0) is 43.2 Å². The first-order chi connectivity index (χ1) is 13.2. The Balaban J connectivity index is 1.74. The number of nitrogens with zero attached hydrogens (tertiary/aromatic N) is 5. The number of aromatic nitrogens is 5. The van der Waals surface area contributed by atoms with Crippen molar-refractivity contribution in [1.29, 1.82) is 0 Å². The van der Waals surface area contributed by atoms with Gasteiger partial charge in [0, 0.05) is 24.0 Å². The average molecular weight is 359 g/mol. The van der Waals surface area contributed by atoms with E-state index in [9.17, 15) is 0 Å². The van der Waals surface area contributed by atoms with Crippen molar-refractivity contribution in [2.45, 2.75) is 26.8 Å². The molecule has 1 aromatic carbocycles. The molecular weight excluding hydrogens is 338 g/mol. The normalized spacial score (nSPS) is 11.0. The molecule has 0 aliphatic rings. The molecule has 0 aliphatic carbocycles. The molecule has 4 aromatic rings. The van der Waals surface area contributed by atoms with Gasteiger partial charge in [0.2, 0.25) is 5.95 Å². The minimum absolute atomic E-state index is 0.485. The zero-order chi connectivity index (χ0) is 18.8. The summed E-state index contributed by atoms with van der Waals surface area (Å²) < 4.78 is 2.05. The fourth-order valence-electron chi connectivity index (χ4n) is 3.03. The number of aryl methyl sites for hydroxylation is 2. The number of nitrogens with one attached hydrogen (secondary N) is 1. The van der Waals surface area contributed by atoms with E-state index in [1.165, 1.54) is 5.56 Å². The van der Waals surface area contributed by atoms with Gasteiger partial charge in [0.1, 0.15) is 17.2 Å². The van der Waals surface area contributed by atoms with Crippen LogP contribution in [0.3, 0.4) is 0 Å². The van der Waals surface area contributed by atoms with E-state index in [2.05, 4.69) is 50.8 Å². The van der Waals surface area contributed by atoms with E-state index in [4.69, 9.17) is 10.7 Å². The molecule has 0 spiro atoms. The number of fused-ring (bicyclic) bond motifs is 1. The Morgan fingerprint density at radius 3 is 2.67 bits per heavy atom. The highest BCUT2D eigenvalue weighted by atomic mass is 15.2. The molecule has 0 radical (unpaired) electrons. The van der Waals surface area contributed by atoms with Crippen LogP contribution in [0.4, 0.5) is 17.5 Å². The number of nitrogen functional groups attached to an aromatic ring is 1. The van der Waals surface area contributed by atoms with Crippen molar-refractivity contribution in [3.05, 3.63) is 54.4 Å². The molecular formula is C20H21N7. The quantitative estimate of drug-likeness (QED) is 0.563. The second-order valence-corrected chi connectivity index (χ2v) is 6.23. The number of imidazole rings is 1. The smallest absolute Gasteiger partial charge is 0.229 e. The Kier molecular flexibility index (Phi) is 4.42. The highest BCUT2D eigenvalue weighted by molar-refractivity contribution is 5.78. The molecule has 0 atom stereocenters. The van der Waals surface area contributed by atoms with Crippen LogP contribution in [0.15, 0.2) is 48.8 Å². The monoisotopic (exact) mass is 359 g/mol. The van der Waals surface area contributed by atoms with Crippen LogP contribution >= 0.6 is 0 Å². The van der Waals surface area contributed by atoms with Crippen molar-refractivity contribution < 1.29 is 0 Å². The fraction of sp³-hybridized carbons (Fsp3) is 0.200. The van der Waals surface area contributed by atoms with Crippen LogP contribution in [0.25, 0.3) is 22.6 Å². The van der Waals surface area contributed by atoms with E-state index in [0.29, 0.717) is 11.8 Å². The van der Waals surface area contributed by atoms with Crippen LogP contribution in [0.5, 0.6) is 0 Å². The largest absolute Gasteiger partial charge is 0.384 e. The minimum atomic E-state index is 0.485. The molecule has 7 nitrogen and oxygen atoms in total. The third kappa shape index (κ3) is 3.31. The first-order valence-electron chi connectivity index (χ1n) is 8.99. The number of hydrogen-bond donors (Lipinski definition) is 2. The first-order valence-corrected chi connectivity index (χ1v) is 8.99. The fourth-order valence-corrected chi connectivity index (χ4v) is 3.03. The van der Waals surface area contributed by atoms with Crippen LogP contribution in [0.1, 0.15) is 19.4 Å². The molecule has 0 amide bonds. The maximum Gasteiger partial charge on any atom is 0.229 e. The third-order valence-electron chi connectivity index (χ3n) is 4.44. The van der Waals surface area contributed by atoms with Crippen molar-refractivity contribution in [2.24, 2.45) is 0 Å². The molecule has 0 saturated carbocycles. The molecule has 3 N–H and O–H groups in total. The maximum atomic E-state index is 5.70. The molecule has 27 heavy (non-hydrogen) atoms. The second-order valence-electron chi connectivity index (χ2n) is 6.23. The van der Waals surface area contributed by atoms with Crippen LogP contribution in [-0.4, -0.2) is 24.5 Å². The number of nitrogens with two attached hydrogens (primary N) is 1. The number of pyridine rings is 1. The molecule has 136 valence electrons. The van der Waals surface area contributed by atoms with Crippen molar-refractivity contribution in [2.75, 3.05) is 11.1 Å². The topological polar surface area (TPSA) is 94.5 Å². The summed E-state index contributed by atoms with van der Waals surface area (Å²) in [6.45, 7) is 4.93. The van der Waals surface area contributed by atoms with Crippen molar-refractivity contribution in [1.82, 2.24) is 24.5 Å². The lowest BCUT2D eigenvalue weighted by Crippen LogP contribution is -2.02. The van der Waals surface area contributed by atoms with E-state index in [1.54, 1.807) is 18.5 Å². The summed E-state index contributed by atoms with van der Waals surface area (Å²) in [4.78, 5) is 18.0. The predicted octanol–water partition coefficient (Wildman–Crippen LogP) is 3.80. The Morgan fingerprint density at radius 2 is 1.93 bits per heavy atom. The third-order valence-corrected chi connectivity index (χ3v) is 4.44. The van der Waals surface area contributed by atoms with Gasteiger partial charge in [0.05, 0.1) is 6.20 Å². The van der Waals surface area contributed by atoms with Crippen molar-refractivity contribution in [3.8, 4) is 11.4 Å². The summed E-state index contributed by atoms with van der Waals surface area (Å²) >= 11 is 0. The first kappa shape index (κ1) is 17.0. The molecule has 0 bridgehead atoms. The average Bonchev–Trinajstić information content (AvgIpc) is 3.06. The van der Waals surface area contributed by atoms with Gasteiger partial charge in [0.25, 0.3) is 0 Å².